The molecule has 0 saturated heterocycles. The Morgan fingerprint density at radius 2 is 2.00 bits per heavy atom. The van der Waals surface area contributed by atoms with Crippen molar-refractivity contribution >= 4 is 50.1 Å². The van der Waals surface area contributed by atoms with Crippen LogP contribution in [0.25, 0.3) is 11.0 Å². The van der Waals surface area contributed by atoms with Crippen molar-refractivity contribution in [1.82, 2.24) is 19.5 Å². The summed E-state index contributed by atoms with van der Waals surface area (Å²) >= 11 is 0. The van der Waals surface area contributed by atoms with E-state index in [1.807, 2.05) is 41.1 Å². The van der Waals surface area contributed by atoms with Crippen molar-refractivity contribution in [2.45, 2.75) is 13.0 Å². The standard InChI is InChI=1S/C23H23N7O3S/c1-28-19-7-6-18(11-17(19)12-20(28)31)26-23-25-13-15-8-10-30(22(15)27-23)14-16-5-4-9-24-21(16)29(2)34(3,32)33/h4-11,13H,12,14H2,1-3H3,(H,25,26,27). The third-order valence-corrected chi connectivity index (χ3v) is 7.09. The third-order valence-electron chi connectivity index (χ3n) is 5.92. The first-order chi connectivity index (χ1) is 16.2. The molecule has 4 aromatic rings. The molecule has 0 fully saturated rings. The first kappa shape index (κ1) is 21.8. The minimum atomic E-state index is -3.45. The highest BCUT2D eigenvalue weighted by atomic mass is 32.2. The van der Waals surface area contributed by atoms with Crippen LogP contribution < -0.4 is 14.5 Å². The highest BCUT2D eigenvalue weighted by molar-refractivity contribution is 7.92. The molecule has 0 saturated carbocycles. The second kappa shape index (κ2) is 8.10. The molecule has 0 aliphatic carbocycles. The third kappa shape index (κ3) is 3.94. The van der Waals surface area contributed by atoms with E-state index in [4.69, 9.17) is 0 Å². The molecule has 1 aromatic carbocycles. The minimum absolute atomic E-state index is 0.0685. The van der Waals surface area contributed by atoms with Gasteiger partial charge in [-0.3, -0.25) is 9.10 Å². The molecule has 0 radical (unpaired) electrons. The molecule has 174 valence electrons. The van der Waals surface area contributed by atoms with Gasteiger partial charge in [-0.05, 0) is 35.9 Å². The van der Waals surface area contributed by atoms with Crippen LogP contribution in [0.15, 0.2) is 55.0 Å². The van der Waals surface area contributed by atoms with Crippen molar-refractivity contribution < 1.29 is 13.2 Å². The zero-order chi connectivity index (χ0) is 24.0. The summed E-state index contributed by atoms with van der Waals surface area (Å²) in [5, 5.41) is 4.08. The SMILES string of the molecule is CN1C(=O)Cc2cc(Nc3ncc4ccn(Cc5cccnc5N(C)S(C)(=O)=O)c4n3)ccc21. The Morgan fingerprint density at radius 1 is 1.18 bits per heavy atom. The van der Waals surface area contributed by atoms with Gasteiger partial charge in [0, 0.05) is 55.0 Å². The first-order valence-corrected chi connectivity index (χ1v) is 12.4. The molecular weight excluding hydrogens is 454 g/mol. The van der Waals surface area contributed by atoms with E-state index >= 15 is 0 Å². The number of hydrogen-bond acceptors (Lipinski definition) is 7. The topological polar surface area (TPSA) is 113 Å². The number of anilines is 4. The van der Waals surface area contributed by atoms with Crippen LogP contribution in [0.3, 0.4) is 0 Å². The van der Waals surface area contributed by atoms with Gasteiger partial charge in [-0.1, -0.05) is 6.07 Å². The number of nitrogens with one attached hydrogen (secondary N) is 1. The second-order valence-electron chi connectivity index (χ2n) is 8.23. The number of sulfonamides is 1. The van der Waals surface area contributed by atoms with E-state index in [2.05, 4.69) is 20.3 Å². The molecule has 10 nitrogen and oxygen atoms in total. The monoisotopic (exact) mass is 477 g/mol. The van der Waals surface area contributed by atoms with Crippen LogP contribution in [0.1, 0.15) is 11.1 Å². The van der Waals surface area contributed by atoms with E-state index < -0.39 is 10.0 Å². The van der Waals surface area contributed by atoms with Gasteiger partial charge in [0.1, 0.15) is 11.5 Å². The fraction of sp³-hybridized carbons (Fsp3) is 0.217. The van der Waals surface area contributed by atoms with E-state index in [-0.39, 0.29) is 5.91 Å². The first-order valence-electron chi connectivity index (χ1n) is 10.6. The van der Waals surface area contributed by atoms with Crippen LogP contribution in [0.5, 0.6) is 0 Å². The van der Waals surface area contributed by atoms with Gasteiger partial charge in [0.2, 0.25) is 21.9 Å². The maximum Gasteiger partial charge on any atom is 0.233 e. The fourth-order valence-corrected chi connectivity index (χ4v) is 4.49. The molecular formula is C23H23N7O3S. The summed E-state index contributed by atoms with van der Waals surface area (Å²) in [6.45, 7) is 0.385. The van der Waals surface area contributed by atoms with E-state index in [9.17, 15) is 13.2 Å². The highest BCUT2D eigenvalue weighted by Gasteiger charge is 2.24. The highest BCUT2D eigenvalue weighted by Crippen LogP contribution is 2.31. The lowest BCUT2D eigenvalue weighted by Crippen LogP contribution is -2.27. The van der Waals surface area contributed by atoms with Crippen molar-refractivity contribution in [3.8, 4) is 0 Å². The summed E-state index contributed by atoms with van der Waals surface area (Å²) < 4.78 is 27.2. The number of amides is 1. The van der Waals surface area contributed by atoms with Gasteiger partial charge in [-0.2, -0.15) is 4.98 Å². The van der Waals surface area contributed by atoms with E-state index in [0.717, 1.165) is 34.1 Å². The second-order valence-corrected chi connectivity index (χ2v) is 10.2. The van der Waals surface area contributed by atoms with Gasteiger partial charge in [-0.25, -0.2) is 18.4 Å². The Balaban J connectivity index is 1.44. The Labute approximate surface area is 196 Å². The molecule has 5 rings (SSSR count). The molecule has 1 amide bonds. The van der Waals surface area contributed by atoms with Gasteiger partial charge in [0.05, 0.1) is 19.2 Å². The lowest BCUT2D eigenvalue weighted by Gasteiger charge is -2.19. The molecule has 34 heavy (non-hydrogen) atoms. The van der Waals surface area contributed by atoms with Crippen LogP contribution in [0, 0.1) is 0 Å². The predicted octanol–water partition coefficient (Wildman–Crippen LogP) is 2.53. The quantitative estimate of drug-likeness (QED) is 0.454. The zero-order valence-electron chi connectivity index (χ0n) is 18.9. The number of carbonyl (C=O) groups is 1. The number of hydrogen-bond donors (Lipinski definition) is 1. The zero-order valence-corrected chi connectivity index (χ0v) is 19.7. The number of benzene rings is 1. The van der Waals surface area contributed by atoms with Crippen LogP contribution in [-0.4, -0.2) is 54.2 Å². The van der Waals surface area contributed by atoms with Gasteiger partial charge in [0.15, 0.2) is 0 Å². The number of likely N-dealkylation sites (N-methyl/N-ethyl adjacent to an activating group) is 1. The van der Waals surface area contributed by atoms with Crippen LogP contribution in [0.4, 0.5) is 23.1 Å². The summed E-state index contributed by atoms with van der Waals surface area (Å²) in [6.07, 6.45) is 6.71. The van der Waals surface area contributed by atoms with Crippen molar-refractivity contribution in [2.75, 3.05) is 34.9 Å². The van der Waals surface area contributed by atoms with Gasteiger partial charge in [-0.15, -0.1) is 0 Å². The maximum absolute atomic E-state index is 12.1. The van der Waals surface area contributed by atoms with Gasteiger partial charge < -0.3 is 14.8 Å². The van der Waals surface area contributed by atoms with Gasteiger partial charge >= 0.3 is 0 Å². The maximum atomic E-state index is 12.1. The molecule has 11 heteroatoms. The van der Waals surface area contributed by atoms with Crippen molar-refractivity contribution in [2.24, 2.45) is 0 Å². The molecule has 0 unspecified atom stereocenters. The Hall–Kier alpha value is -3.99. The summed E-state index contributed by atoms with van der Waals surface area (Å²) in [5.41, 5.74) is 4.11. The summed E-state index contributed by atoms with van der Waals surface area (Å²) in [5.74, 6) is 0.862. The van der Waals surface area contributed by atoms with Crippen LogP contribution in [-0.2, 0) is 27.8 Å². The normalized spacial score (nSPS) is 13.4. The molecule has 4 heterocycles. The van der Waals surface area contributed by atoms with Crippen LogP contribution in [0.2, 0.25) is 0 Å². The molecule has 3 aromatic heterocycles. The largest absolute Gasteiger partial charge is 0.328 e. The van der Waals surface area contributed by atoms with E-state index in [1.54, 1.807) is 30.4 Å². The average molecular weight is 478 g/mol. The minimum Gasteiger partial charge on any atom is -0.328 e. The number of carbonyl (C=O) groups excluding carboxylic acids is 1. The Kier molecular flexibility index (Phi) is 5.20. The van der Waals surface area contributed by atoms with Crippen molar-refractivity contribution in [3.63, 3.8) is 0 Å². The van der Waals surface area contributed by atoms with Crippen molar-refractivity contribution in [1.29, 1.82) is 0 Å². The fourth-order valence-electron chi connectivity index (χ4n) is 4.01. The van der Waals surface area contributed by atoms with Crippen LogP contribution >= 0.6 is 0 Å². The van der Waals surface area contributed by atoms with E-state index in [1.165, 1.54) is 11.4 Å². The number of rotatable bonds is 6. The predicted molar refractivity (Wildman–Crippen MR) is 131 cm³/mol. The molecule has 1 aliphatic rings. The molecule has 0 bridgehead atoms. The molecule has 0 atom stereocenters. The average Bonchev–Trinajstić information content (AvgIpc) is 3.32. The van der Waals surface area contributed by atoms with Gasteiger partial charge in [0.25, 0.3) is 0 Å². The smallest absolute Gasteiger partial charge is 0.233 e. The van der Waals surface area contributed by atoms with Crippen molar-refractivity contribution in [3.05, 3.63) is 66.1 Å². The lowest BCUT2D eigenvalue weighted by molar-refractivity contribution is -0.117. The number of aromatic nitrogens is 4. The summed E-state index contributed by atoms with van der Waals surface area (Å²) in [6, 6.07) is 11.3. The molecule has 1 aliphatic heterocycles. The summed E-state index contributed by atoms with van der Waals surface area (Å²) in [7, 11) is -0.192. The molecule has 1 N–H and O–H groups in total. The number of fused-ring (bicyclic) bond motifs is 2. The Morgan fingerprint density at radius 3 is 2.79 bits per heavy atom. The number of nitrogens with zero attached hydrogens (tertiary/aromatic N) is 6. The molecule has 0 spiro atoms. The number of pyridine rings is 1. The van der Waals surface area contributed by atoms with E-state index in [0.29, 0.717) is 30.4 Å². The lowest BCUT2D eigenvalue weighted by atomic mass is 10.1. The summed E-state index contributed by atoms with van der Waals surface area (Å²) in [4.78, 5) is 27.0. The Bertz CT molecular complexity index is 1530.